The Bertz CT molecular complexity index is 723. The number of hydrogen-bond acceptors (Lipinski definition) is 5. The first kappa shape index (κ1) is 13.3. The first-order valence-electron chi connectivity index (χ1n) is 5.28. The molecule has 1 amide bonds. The van der Waals surface area contributed by atoms with E-state index in [1.54, 1.807) is 0 Å². The second-order valence-corrected chi connectivity index (χ2v) is 3.68. The highest BCUT2D eigenvalue weighted by Gasteiger charge is 2.16. The van der Waals surface area contributed by atoms with Crippen LogP contribution in [0.1, 0.15) is 10.4 Å². The van der Waals surface area contributed by atoms with Gasteiger partial charge in [0.2, 0.25) is 5.82 Å². The topological polar surface area (TPSA) is 118 Å². The van der Waals surface area contributed by atoms with Gasteiger partial charge in [-0.3, -0.25) is 19.7 Å². The molecule has 0 unspecified atom stereocenters. The second kappa shape index (κ2) is 5.26. The van der Waals surface area contributed by atoms with Gasteiger partial charge in [-0.1, -0.05) is 0 Å². The van der Waals surface area contributed by atoms with Gasteiger partial charge in [0.15, 0.2) is 5.82 Å². The highest BCUT2D eigenvalue weighted by molar-refractivity contribution is 6.03. The van der Waals surface area contributed by atoms with Gasteiger partial charge in [0.25, 0.3) is 11.5 Å². The minimum atomic E-state index is -1.11. The van der Waals surface area contributed by atoms with Crippen LogP contribution in [0.25, 0.3) is 0 Å². The quantitative estimate of drug-likeness (QED) is 0.643. The number of benzene rings is 1. The van der Waals surface area contributed by atoms with Gasteiger partial charge >= 0.3 is 5.69 Å². The Balaban J connectivity index is 2.21. The van der Waals surface area contributed by atoms with Crippen LogP contribution in [0, 0.1) is 15.9 Å². The van der Waals surface area contributed by atoms with E-state index < -0.39 is 27.9 Å². The molecule has 0 spiro atoms. The third kappa shape index (κ3) is 2.83. The Labute approximate surface area is 110 Å². The fourth-order valence-corrected chi connectivity index (χ4v) is 1.40. The maximum atomic E-state index is 13.4. The lowest BCUT2D eigenvalue weighted by Crippen LogP contribution is -2.16. The second-order valence-electron chi connectivity index (χ2n) is 3.68. The summed E-state index contributed by atoms with van der Waals surface area (Å²) in [7, 11) is 0. The standard InChI is InChI=1S/C11H7FN4O4/c12-7-5-6(1-2-8(7)16(19)20)11(18)13-9-3-4-10(17)15-14-9/h1-5H,(H,15,17)(H,13,14,18). The highest BCUT2D eigenvalue weighted by Crippen LogP contribution is 2.18. The fourth-order valence-electron chi connectivity index (χ4n) is 1.40. The molecule has 0 radical (unpaired) electrons. The van der Waals surface area contributed by atoms with Gasteiger partial charge in [-0.15, -0.1) is 0 Å². The summed E-state index contributed by atoms with van der Waals surface area (Å²) in [5, 5.41) is 18.4. The minimum Gasteiger partial charge on any atom is -0.305 e. The van der Waals surface area contributed by atoms with Gasteiger partial charge in [0.05, 0.1) is 4.92 Å². The Kier molecular flexibility index (Phi) is 3.51. The maximum absolute atomic E-state index is 13.4. The number of carbonyl (C=O) groups is 1. The molecule has 0 aliphatic rings. The Hall–Kier alpha value is -3.10. The van der Waals surface area contributed by atoms with Crippen LogP contribution in [0.2, 0.25) is 0 Å². The molecule has 0 saturated carbocycles. The van der Waals surface area contributed by atoms with Gasteiger partial charge in [-0.05, 0) is 18.2 Å². The van der Waals surface area contributed by atoms with Gasteiger partial charge < -0.3 is 5.32 Å². The predicted molar refractivity (Wildman–Crippen MR) is 65.9 cm³/mol. The number of amides is 1. The van der Waals surface area contributed by atoms with Gasteiger partial charge in [0, 0.05) is 17.7 Å². The van der Waals surface area contributed by atoms with Crippen LogP contribution < -0.4 is 10.9 Å². The van der Waals surface area contributed by atoms with Crippen molar-refractivity contribution in [3.8, 4) is 0 Å². The number of H-pyrrole nitrogens is 1. The number of nitro benzene ring substituents is 1. The molecular weight excluding hydrogens is 271 g/mol. The van der Waals surface area contributed by atoms with Crippen molar-refractivity contribution in [2.24, 2.45) is 0 Å². The number of halogens is 1. The Morgan fingerprint density at radius 3 is 2.65 bits per heavy atom. The van der Waals surface area contributed by atoms with Crippen molar-refractivity contribution in [1.82, 2.24) is 10.2 Å². The highest BCUT2D eigenvalue weighted by atomic mass is 19.1. The molecule has 2 aromatic rings. The molecular formula is C11H7FN4O4. The van der Waals surface area contributed by atoms with E-state index in [2.05, 4.69) is 15.5 Å². The van der Waals surface area contributed by atoms with Crippen molar-refractivity contribution in [1.29, 1.82) is 0 Å². The summed E-state index contributed by atoms with van der Waals surface area (Å²) in [4.78, 5) is 32.1. The van der Waals surface area contributed by atoms with Gasteiger partial charge in [-0.25, -0.2) is 5.10 Å². The zero-order valence-corrected chi connectivity index (χ0v) is 9.79. The average molecular weight is 278 g/mol. The summed E-state index contributed by atoms with van der Waals surface area (Å²) < 4.78 is 13.4. The summed E-state index contributed by atoms with van der Waals surface area (Å²) in [6, 6.07) is 5.17. The smallest absolute Gasteiger partial charge is 0.304 e. The van der Waals surface area contributed by atoms with Crippen LogP contribution in [0.3, 0.4) is 0 Å². The lowest BCUT2D eigenvalue weighted by Gasteiger charge is -2.03. The largest absolute Gasteiger partial charge is 0.305 e. The molecule has 2 N–H and O–H groups in total. The Morgan fingerprint density at radius 1 is 1.35 bits per heavy atom. The molecule has 9 heteroatoms. The van der Waals surface area contributed by atoms with Crippen LogP contribution >= 0.6 is 0 Å². The zero-order chi connectivity index (χ0) is 14.7. The summed E-state index contributed by atoms with van der Waals surface area (Å²) >= 11 is 0. The van der Waals surface area contributed by atoms with E-state index in [0.29, 0.717) is 0 Å². The van der Waals surface area contributed by atoms with Crippen molar-refractivity contribution >= 4 is 17.4 Å². The van der Waals surface area contributed by atoms with Crippen LogP contribution in [0.15, 0.2) is 35.1 Å². The normalized spacial score (nSPS) is 10.1. The van der Waals surface area contributed by atoms with Crippen LogP contribution in [0.5, 0.6) is 0 Å². The van der Waals surface area contributed by atoms with E-state index >= 15 is 0 Å². The third-order valence-electron chi connectivity index (χ3n) is 2.33. The Morgan fingerprint density at radius 2 is 2.10 bits per heavy atom. The predicted octanol–water partition coefficient (Wildman–Crippen LogP) is 1.07. The number of nitro groups is 1. The molecule has 1 aromatic carbocycles. The molecule has 2 rings (SSSR count). The number of aromatic amines is 1. The molecule has 0 aliphatic heterocycles. The molecule has 1 heterocycles. The third-order valence-corrected chi connectivity index (χ3v) is 2.33. The van der Waals surface area contributed by atoms with Crippen molar-refractivity contribution in [3.05, 3.63) is 62.2 Å². The summed E-state index contributed by atoms with van der Waals surface area (Å²) in [6.45, 7) is 0. The molecule has 8 nitrogen and oxygen atoms in total. The van der Waals surface area contributed by atoms with Crippen LogP contribution in [-0.2, 0) is 0 Å². The number of carbonyl (C=O) groups excluding carboxylic acids is 1. The number of hydrogen-bond donors (Lipinski definition) is 2. The van der Waals surface area contributed by atoms with Crippen molar-refractivity contribution in [2.45, 2.75) is 0 Å². The number of nitrogens with one attached hydrogen (secondary N) is 2. The lowest BCUT2D eigenvalue weighted by atomic mass is 10.2. The molecule has 0 saturated heterocycles. The van der Waals surface area contributed by atoms with Crippen LogP contribution in [-0.4, -0.2) is 21.0 Å². The zero-order valence-electron chi connectivity index (χ0n) is 9.79. The maximum Gasteiger partial charge on any atom is 0.304 e. The van der Waals surface area contributed by atoms with E-state index in [1.807, 2.05) is 0 Å². The minimum absolute atomic E-state index is 0.0633. The number of rotatable bonds is 3. The summed E-state index contributed by atoms with van der Waals surface area (Å²) in [6.07, 6.45) is 0. The monoisotopic (exact) mass is 278 g/mol. The summed E-state index contributed by atoms with van der Waals surface area (Å²) in [5.41, 5.74) is -1.27. The summed E-state index contributed by atoms with van der Waals surface area (Å²) in [5.74, 6) is -1.76. The van der Waals surface area contributed by atoms with E-state index in [0.717, 1.165) is 24.3 Å². The molecule has 0 atom stereocenters. The van der Waals surface area contributed by atoms with Gasteiger partial charge in [-0.2, -0.15) is 9.49 Å². The number of aromatic nitrogens is 2. The molecule has 0 fully saturated rings. The molecule has 102 valence electrons. The SMILES string of the molecule is O=C(Nc1ccc(=O)[nH]n1)c1ccc([N+](=O)[O-])c(F)c1. The van der Waals surface area contributed by atoms with E-state index in [1.165, 1.54) is 6.07 Å². The fraction of sp³-hybridized carbons (Fsp3) is 0. The van der Waals surface area contributed by atoms with Gasteiger partial charge in [0.1, 0.15) is 0 Å². The molecule has 20 heavy (non-hydrogen) atoms. The van der Waals surface area contributed by atoms with E-state index in [4.69, 9.17) is 0 Å². The van der Waals surface area contributed by atoms with Crippen molar-refractivity contribution in [3.63, 3.8) is 0 Å². The van der Waals surface area contributed by atoms with Crippen LogP contribution in [0.4, 0.5) is 15.9 Å². The lowest BCUT2D eigenvalue weighted by molar-refractivity contribution is -0.387. The van der Waals surface area contributed by atoms with E-state index in [-0.39, 0.29) is 11.4 Å². The van der Waals surface area contributed by atoms with E-state index in [9.17, 15) is 24.1 Å². The average Bonchev–Trinajstić information content (AvgIpc) is 2.40. The van der Waals surface area contributed by atoms with Crippen molar-refractivity contribution < 1.29 is 14.1 Å². The molecule has 0 bridgehead atoms. The first-order valence-corrected chi connectivity index (χ1v) is 5.28. The first-order chi connectivity index (χ1) is 9.47. The molecule has 1 aromatic heterocycles. The number of anilines is 1. The van der Waals surface area contributed by atoms with Crippen molar-refractivity contribution in [2.75, 3.05) is 5.32 Å². The number of nitrogens with zero attached hydrogens (tertiary/aromatic N) is 2. The molecule has 0 aliphatic carbocycles.